The number of halogens is 1. The number of rotatable bonds is 2. The van der Waals surface area contributed by atoms with Crippen molar-refractivity contribution in [1.82, 2.24) is 4.98 Å². The summed E-state index contributed by atoms with van der Waals surface area (Å²) < 4.78 is 5.59. The Morgan fingerprint density at radius 2 is 2.22 bits per heavy atom. The SMILES string of the molecule is OC(c1ccnc(Cl)c1)c1cccc2c1OCC2. The van der Waals surface area contributed by atoms with Gasteiger partial charge in [0.25, 0.3) is 0 Å². The predicted molar refractivity (Wildman–Crippen MR) is 68.9 cm³/mol. The zero-order valence-corrected chi connectivity index (χ0v) is 10.4. The maximum absolute atomic E-state index is 10.4. The Morgan fingerprint density at radius 1 is 1.33 bits per heavy atom. The van der Waals surface area contributed by atoms with Gasteiger partial charge in [-0.25, -0.2) is 4.98 Å². The summed E-state index contributed by atoms with van der Waals surface area (Å²) in [6.07, 6.45) is 1.75. The number of benzene rings is 1. The van der Waals surface area contributed by atoms with Crippen molar-refractivity contribution >= 4 is 11.6 Å². The van der Waals surface area contributed by atoms with Gasteiger partial charge in [0, 0.05) is 18.2 Å². The van der Waals surface area contributed by atoms with Crippen molar-refractivity contribution in [2.45, 2.75) is 12.5 Å². The van der Waals surface area contributed by atoms with Crippen molar-refractivity contribution in [3.63, 3.8) is 0 Å². The molecule has 1 aliphatic rings. The van der Waals surface area contributed by atoms with Crippen LogP contribution in [0.3, 0.4) is 0 Å². The molecule has 0 amide bonds. The lowest BCUT2D eigenvalue weighted by atomic mass is 9.99. The van der Waals surface area contributed by atoms with Crippen molar-refractivity contribution in [3.8, 4) is 5.75 Å². The van der Waals surface area contributed by atoms with Gasteiger partial charge in [0.05, 0.1) is 6.61 Å². The summed E-state index contributed by atoms with van der Waals surface area (Å²) in [6, 6.07) is 9.27. The molecule has 1 aliphatic heterocycles. The first-order chi connectivity index (χ1) is 8.75. The normalized spacial score (nSPS) is 15.0. The Bertz CT molecular complexity index is 586. The first-order valence-electron chi connectivity index (χ1n) is 5.80. The van der Waals surface area contributed by atoms with Crippen LogP contribution in [0.4, 0.5) is 0 Å². The van der Waals surface area contributed by atoms with E-state index in [0.717, 1.165) is 28.9 Å². The number of para-hydroxylation sites is 1. The van der Waals surface area contributed by atoms with Crippen molar-refractivity contribution in [3.05, 3.63) is 58.4 Å². The van der Waals surface area contributed by atoms with Crippen LogP contribution in [0.1, 0.15) is 22.8 Å². The Labute approximate surface area is 110 Å². The van der Waals surface area contributed by atoms with Gasteiger partial charge in [0.15, 0.2) is 0 Å². The van der Waals surface area contributed by atoms with Crippen LogP contribution >= 0.6 is 11.6 Å². The molecule has 3 rings (SSSR count). The van der Waals surface area contributed by atoms with Crippen LogP contribution in [0.5, 0.6) is 5.75 Å². The van der Waals surface area contributed by atoms with Gasteiger partial charge in [0.1, 0.15) is 17.0 Å². The maximum atomic E-state index is 10.4. The monoisotopic (exact) mass is 261 g/mol. The highest BCUT2D eigenvalue weighted by atomic mass is 35.5. The van der Waals surface area contributed by atoms with E-state index in [1.54, 1.807) is 18.3 Å². The molecule has 0 spiro atoms. The molecule has 0 saturated heterocycles. The van der Waals surface area contributed by atoms with Crippen molar-refractivity contribution in [2.75, 3.05) is 6.61 Å². The number of aliphatic hydroxyl groups is 1. The van der Waals surface area contributed by atoms with E-state index in [9.17, 15) is 5.11 Å². The number of nitrogens with zero attached hydrogens (tertiary/aromatic N) is 1. The lowest BCUT2D eigenvalue weighted by Crippen LogP contribution is -2.02. The van der Waals surface area contributed by atoms with E-state index in [4.69, 9.17) is 16.3 Å². The summed E-state index contributed by atoms with van der Waals surface area (Å²) in [5, 5.41) is 10.8. The molecule has 1 aromatic carbocycles. The van der Waals surface area contributed by atoms with Crippen LogP contribution < -0.4 is 4.74 Å². The fourth-order valence-electron chi connectivity index (χ4n) is 2.22. The Balaban J connectivity index is 2.03. The van der Waals surface area contributed by atoms with E-state index in [1.807, 2.05) is 18.2 Å². The number of hydrogen-bond acceptors (Lipinski definition) is 3. The van der Waals surface area contributed by atoms with Crippen LogP contribution in [0.25, 0.3) is 0 Å². The first-order valence-corrected chi connectivity index (χ1v) is 6.17. The Morgan fingerprint density at radius 3 is 3.06 bits per heavy atom. The molecular formula is C14H12ClNO2. The van der Waals surface area contributed by atoms with Crippen LogP contribution in [0, 0.1) is 0 Å². The average Bonchev–Trinajstić information content (AvgIpc) is 2.86. The number of fused-ring (bicyclic) bond motifs is 1. The first kappa shape index (κ1) is 11.5. The number of ether oxygens (including phenoxy) is 1. The number of aromatic nitrogens is 1. The van der Waals surface area contributed by atoms with Gasteiger partial charge in [-0.2, -0.15) is 0 Å². The molecule has 0 bridgehead atoms. The summed E-state index contributed by atoms with van der Waals surface area (Å²) in [7, 11) is 0. The van der Waals surface area contributed by atoms with Crippen molar-refractivity contribution < 1.29 is 9.84 Å². The summed E-state index contributed by atoms with van der Waals surface area (Å²) in [5.41, 5.74) is 2.65. The fraction of sp³-hybridized carbons (Fsp3) is 0.214. The summed E-state index contributed by atoms with van der Waals surface area (Å²) in [5.74, 6) is 0.804. The third-order valence-corrected chi connectivity index (χ3v) is 3.31. The molecule has 0 saturated carbocycles. The van der Waals surface area contributed by atoms with Gasteiger partial charge < -0.3 is 9.84 Å². The van der Waals surface area contributed by atoms with Crippen molar-refractivity contribution in [1.29, 1.82) is 0 Å². The van der Waals surface area contributed by atoms with Gasteiger partial charge in [-0.05, 0) is 23.3 Å². The minimum Gasteiger partial charge on any atom is -0.493 e. The van der Waals surface area contributed by atoms with E-state index in [1.165, 1.54) is 0 Å². The molecule has 1 unspecified atom stereocenters. The summed E-state index contributed by atoms with van der Waals surface area (Å²) in [6.45, 7) is 0.677. The Hall–Kier alpha value is -1.58. The highest BCUT2D eigenvalue weighted by Gasteiger charge is 2.21. The van der Waals surface area contributed by atoms with Crippen LogP contribution in [-0.2, 0) is 6.42 Å². The molecule has 2 heterocycles. The Kier molecular flexibility index (Phi) is 2.94. The second-order valence-electron chi connectivity index (χ2n) is 4.25. The molecule has 1 N–H and O–H groups in total. The van der Waals surface area contributed by atoms with Gasteiger partial charge in [-0.1, -0.05) is 29.8 Å². The highest BCUT2D eigenvalue weighted by Crippen LogP contribution is 2.36. The molecule has 1 aromatic heterocycles. The zero-order valence-electron chi connectivity index (χ0n) is 9.64. The van der Waals surface area contributed by atoms with E-state index >= 15 is 0 Å². The van der Waals surface area contributed by atoms with E-state index < -0.39 is 6.10 Å². The molecule has 0 aliphatic carbocycles. The molecule has 0 fully saturated rings. The molecule has 18 heavy (non-hydrogen) atoms. The predicted octanol–water partition coefficient (Wildman–Crippen LogP) is 2.75. The van der Waals surface area contributed by atoms with Gasteiger partial charge in [0.2, 0.25) is 0 Å². The summed E-state index contributed by atoms with van der Waals surface area (Å²) >= 11 is 5.84. The molecular weight excluding hydrogens is 250 g/mol. The van der Waals surface area contributed by atoms with Crippen molar-refractivity contribution in [2.24, 2.45) is 0 Å². The lowest BCUT2D eigenvalue weighted by Gasteiger charge is -2.14. The fourth-order valence-corrected chi connectivity index (χ4v) is 2.41. The average molecular weight is 262 g/mol. The van der Waals surface area contributed by atoms with Crippen LogP contribution in [0.15, 0.2) is 36.5 Å². The second kappa shape index (κ2) is 4.59. The molecule has 92 valence electrons. The molecule has 3 nitrogen and oxygen atoms in total. The van der Waals surface area contributed by atoms with Crippen LogP contribution in [0.2, 0.25) is 5.15 Å². The lowest BCUT2D eigenvalue weighted by molar-refractivity contribution is 0.213. The quantitative estimate of drug-likeness (QED) is 0.846. The smallest absolute Gasteiger partial charge is 0.129 e. The number of hydrogen-bond donors (Lipinski definition) is 1. The highest BCUT2D eigenvalue weighted by molar-refractivity contribution is 6.29. The van der Waals surface area contributed by atoms with Gasteiger partial charge >= 0.3 is 0 Å². The standard InChI is InChI=1S/C14H12ClNO2/c15-12-8-10(4-6-16-12)13(17)11-3-1-2-9-5-7-18-14(9)11/h1-4,6,8,13,17H,5,7H2. The maximum Gasteiger partial charge on any atom is 0.129 e. The largest absolute Gasteiger partial charge is 0.493 e. The minimum absolute atomic E-state index is 0.375. The van der Waals surface area contributed by atoms with Gasteiger partial charge in [-0.3, -0.25) is 0 Å². The third-order valence-electron chi connectivity index (χ3n) is 3.11. The van der Waals surface area contributed by atoms with E-state index in [2.05, 4.69) is 4.98 Å². The molecule has 4 heteroatoms. The minimum atomic E-state index is -0.737. The molecule has 2 aromatic rings. The number of pyridine rings is 1. The number of aliphatic hydroxyl groups excluding tert-OH is 1. The van der Waals surface area contributed by atoms with Gasteiger partial charge in [-0.15, -0.1) is 0 Å². The second-order valence-corrected chi connectivity index (χ2v) is 4.64. The van der Waals surface area contributed by atoms with E-state index in [-0.39, 0.29) is 0 Å². The van der Waals surface area contributed by atoms with E-state index in [0.29, 0.717) is 11.8 Å². The summed E-state index contributed by atoms with van der Waals surface area (Å²) in [4.78, 5) is 3.91. The van der Waals surface area contributed by atoms with Crippen LogP contribution in [-0.4, -0.2) is 16.7 Å². The molecule has 1 atom stereocenters. The topological polar surface area (TPSA) is 42.4 Å². The zero-order chi connectivity index (χ0) is 12.5. The third kappa shape index (κ3) is 1.96. The molecule has 0 radical (unpaired) electrons.